The van der Waals surface area contributed by atoms with E-state index in [1.165, 1.54) is 6.26 Å². The molecule has 0 atom stereocenters. The first-order valence-corrected chi connectivity index (χ1v) is 7.64. The van der Waals surface area contributed by atoms with Gasteiger partial charge in [-0.05, 0) is 29.1 Å². The summed E-state index contributed by atoms with van der Waals surface area (Å²) in [4.78, 5) is 13.1. The molecule has 0 fully saturated rings. The molecule has 4 nitrogen and oxygen atoms in total. The SMILES string of the molecule is O=c1c(-c2ccccc2)coc2ccc3cc4c(cc3c12)OCO4. The van der Waals surface area contributed by atoms with Crippen LogP contribution < -0.4 is 14.9 Å². The Labute approximate surface area is 136 Å². The smallest absolute Gasteiger partial charge is 0.231 e. The third-order valence-electron chi connectivity index (χ3n) is 4.33. The Morgan fingerprint density at radius 1 is 0.875 bits per heavy atom. The van der Waals surface area contributed by atoms with Crippen molar-refractivity contribution in [3.05, 3.63) is 71.1 Å². The Morgan fingerprint density at radius 2 is 1.67 bits per heavy atom. The number of ether oxygens (including phenoxy) is 2. The average molecular weight is 316 g/mol. The lowest BCUT2D eigenvalue weighted by molar-refractivity contribution is 0.174. The topological polar surface area (TPSA) is 48.7 Å². The molecule has 4 heteroatoms. The fraction of sp³-hybridized carbons (Fsp3) is 0.0500. The van der Waals surface area contributed by atoms with Crippen LogP contribution in [0.4, 0.5) is 0 Å². The van der Waals surface area contributed by atoms with Crippen molar-refractivity contribution in [1.29, 1.82) is 0 Å². The molecule has 0 spiro atoms. The quantitative estimate of drug-likeness (QED) is 0.490. The van der Waals surface area contributed by atoms with Gasteiger partial charge in [0.25, 0.3) is 0 Å². The van der Waals surface area contributed by atoms with E-state index in [0.29, 0.717) is 28.0 Å². The fourth-order valence-corrected chi connectivity index (χ4v) is 3.15. The van der Waals surface area contributed by atoms with Crippen molar-refractivity contribution < 1.29 is 13.9 Å². The van der Waals surface area contributed by atoms with Crippen molar-refractivity contribution in [3.8, 4) is 22.6 Å². The van der Waals surface area contributed by atoms with E-state index >= 15 is 0 Å². The summed E-state index contributed by atoms with van der Waals surface area (Å²) in [6.45, 7) is 0.202. The number of hydrogen-bond acceptors (Lipinski definition) is 4. The van der Waals surface area contributed by atoms with Crippen molar-refractivity contribution in [3.63, 3.8) is 0 Å². The van der Waals surface area contributed by atoms with Crippen LogP contribution in [0.15, 0.2) is 70.1 Å². The molecule has 0 bridgehead atoms. The van der Waals surface area contributed by atoms with E-state index in [1.807, 2.05) is 54.6 Å². The Kier molecular flexibility index (Phi) is 2.67. The molecule has 1 aromatic heterocycles. The Morgan fingerprint density at radius 3 is 2.50 bits per heavy atom. The summed E-state index contributed by atoms with van der Waals surface area (Å²) in [6.07, 6.45) is 1.53. The molecule has 0 unspecified atom stereocenters. The van der Waals surface area contributed by atoms with Gasteiger partial charge in [0.2, 0.25) is 12.2 Å². The van der Waals surface area contributed by atoms with E-state index in [4.69, 9.17) is 13.9 Å². The number of hydrogen-bond donors (Lipinski definition) is 0. The van der Waals surface area contributed by atoms with Gasteiger partial charge in [0, 0.05) is 5.39 Å². The van der Waals surface area contributed by atoms with E-state index in [9.17, 15) is 4.79 Å². The highest BCUT2D eigenvalue weighted by Gasteiger charge is 2.18. The predicted octanol–water partition coefficient (Wildman–Crippen LogP) is 4.34. The van der Waals surface area contributed by atoms with E-state index in [1.54, 1.807) is 0 Å². The monoisotopic (exact) mass is 316 g/mol. The fourth-order valence-electron chi connectivity index (χ4n) is 3.15. The summed E-state index contributed by atoms with van der Waals surface area (Å²) in [5.41, 5.74) is 1.90. The van der Waals surface area contributed by atoms with E-state index in [2.05, 4.69) is 0 Å². The molecule has 0 N–H and O–H groups in total. The Bertz CT molecular complexity index is 1140. The van der Waals surface area contributed by atoms with Gasteiger partial charge in [-0.2, -0.15) is 0 Å². The van der Waals surface area contributed by atoms with Crippen LogP contribution in [0.25, 0.3) is 32.9 Å². The van der Waals surface area contributed by atoms with Crippen molar-refractivity contribution in [2.75, 3.05) is 6.79 Å². The van der Waals surface area contributed by atoms with Gasteiger partial charge in [-0.25, -0.2) is 0 Å². The molecule has 3 aromatic carbocycles. The molecule has 0 aliphatic carbocycles. The molecule has 1 aliphatic heterocycles. The van der Waals surface area contributed by atoms with Crippen LogP contribution in [0.1, 0.15) is 0 Å². The molecule has 24 heavy (non-hydrogen) atoms. The first-order chi connectivity index (χ1) is 11.8. The third-order valence-corrected chi connectivity index (χ3v) is 4.33. The molecule has 1 aliphatic rings. The predicted molar refractivity (Wildman–Crippen MR) is 91.5 cm³/mol. The van der Waals surface area contributed by atoms with Gasteiger partial charge in [0.05, 0.1) is 10.9 Å². The lowest BCUT2D eigenvalue weighted by Crippen LogP contribution is -2.05. The molecular weight excluding hydrogens is 304 g/mol. The van der Waals surface area contributed by atoms with Crippen molar-refractivity contribution in [1.82, 2.24) is 0 Å². The molecule has 5 rings (SSSR count). The van der Waals surface area contributed by atoms with Crippen molar-refractivity contribution >= 4 is 21.7 Å². The van der Waals surface area contributed by atoms with E-state index in [-0.39, 0.29) is 12.2 Å². The highest BCUT2D eigenvalue weighted by molar-refractivity contribution is 6.07. The Hall–Kier alpha value is -3.27. The molecular formula is C20H12O4. The normalized spacial score (nSPS) is 12.8. The molecule has 4 aromatic rings. The van der Waals surface area contributed by atoms with Crippen LogP contribution in [-0.2, 0) is 0 Å². The highest BCUT2D eigenvalue weighted by atomic mass is 16.7. The molecule has 0 amide bonds. The van der Waals surface area contributed by atoms with Gasteiger partial charge in [0.1, 0.15) is 11.8 Å². The van der Waals surface area contributed by atoms with Gasteiger partial charge in [-0.1, -0.05) is 36.4 Å². The lowest BCUT2D eigenvalue weighted by Gasteiger charge is -2.07. The van der Waals surface area contributed by atoms with Gasteiger partial charge < -0.3 is 13.9 Å². The minimum atomic E-state index is -0.0492. The molecule has 0 radical (unpaired) electrons. The van der Waals surface area contributed by atoms with Gasteiger partial charge in [-0.15, -0.1) is 0 Å². The summed E-state index contributed by atoms with van der Waals surface area (Å²) in [6, 6.07) is 17.0. The van der Waals surface area contributed by atoms with Crippen LogP contribution >= 0.6 is 0 Å². The van der Waals surface area contributed by atoms with Gasteiger partial charge in [0.15, 0.2) is 11.5 Å². The van der Waals surface area contributed by atoms with Crippen LogP contribution in [0.3, 0.4) is 0 Å². The average Bonchev–Trinajstić information content (AvgIpc) is 3.08. The number of fused-ring (bicyclic) bond motifs is 4. The number of benzene rings is 3. The van der Waals surface area contributed by atoms with Gasteiger partial charge >= 0.3 is 0 Å². The van der Waals surface area contributed by atoms with Crippen LogP contribution in [0.2, 0.25) is 0 Å². The Balaban J connectivity index is 1.89. The highest BCUT2D eigenvalue weighted by Crippen LogP contribution is 2.38. The zero-order valence-electron chi connectivity index (χ0n) is 12.6. The van der Waals surface area contributed by atoms with Gasteiger partial charge in [-0.3, -0.25) is 4.79 Å². The summed E-state index contributed by atoms with van der Waals surface area (Å²) in [5, 5.41) is 2.29. The molecule has 0 saturated heterocycles. The van der Waals surface area contributed by atoms with Crippen LogP contribution in [-0.4, -0.2) is 6.79 Å². The lowest BCUT2D eigenvalue weighted by atomic mass is 10.0. The summed E-state index contributed by atoms with van der Waals surface area (Å²) < 4.78 is 16.6. The molecule has 116 valence electrons. The third kappa shape index (κ3) is 1.83. The molecule has 0 saturated carbocycles. The second-order valence-corrected chi connectivity index (χ2v) is 5.71. The maximum absolute atomic E-state index is 13.1. The van der Waals surface area contributed by atoms with E-state index < -0.39 is 0 Å². The van der Waals surface area contributed by atoms with Crippen molar-refractivity contribution in [2.45, 2.75) is 0 Å². The van der Waals surface area contributed by atoms with Crippen LogP contribution in [0, 0.1) is 0 Å². The second-order valence-electron chi connectivity index (χ2n) is 5.71. The van der Waals surface area contributed by atoms with Crippen molar-refractivity contribution in [2.24, 2.45) is 0 Å². The van der Waals surface area contributed by atoms with E-state index in [0.717, 1.165) is 16.3 Å². The minimum Gasteiger partial charge on any atom is -0.463 e. The minimum absolute atomic E-state index is 0.0492. The number of rotatable bonds is 1. The first-order valence-electron chi connectivity index (χ1n) is 7.64. The second kappa shape index (κ2) is 4.86. The zero-order chi connectivity index (χ0) is 16.1. The standard InChI is InChI=1S/C20H12O4/c21-20-15(12-4-2-1-3-5-12)10-22-16-7-6-13-8-17-18(24-11-23-17)9-14(13)19(16)20/h1-10H,11H2. The van der Waals surface area contributed by atoms with Crippen LogP contribution in [0.5, 0.6) is 11.5 Å². The zero-order valence-corrected chi connectivity index (χ0v) is 12.6. The first kappa shape index (κ1) is 13.2. The molecule has 2 heterocycles. The largest absolute Gasteiger partial charge is 0.463 e. The summed E-state index contributed by atoms with van der Waals surface area (Å²) in [7, 11) is 0. The summed E-state index contributed by atoms with van der Waals surface area (Å²) in [5.74, 6) is 1.35. The maximum Gasteiger partial charge on any atom is 0.231 e. The maximum atomic E-state index is 13.1. The summed E-state index contributed by atoms with van der Waals surface area (Å²) >= 11 is 0.